The molecule has 3 unspecified atom stereocenters. The van der Waals surface area contributed by atoms with Gasteiger partial charge in [0.2, 0.25) is 0 Å². The van der Waals surface area contributed by atoms with E-state index in [4.69, 9.17) is 0 Å². The molecule has 1 nitrogen and oxygen atoms in total. The predicted octanol–water partition coefficient (Wildman–Crippen LogP) is 4.64. The Morgan fingerprint density at radius 1 is 1.22 bits per heavy atom. The molecule has 1 saturated carbocycles. The summed E-state index contributed by atoms with van der Waals surface area (Å²) in [7, 11) is 2.08. The molecule has 0 bridgehead atoms. The first-order valence-corrected chi connectivity index (χ1v) is 7.69. The van der Waals surface area contributed by atoms with Crippen molar-refractivity contribution >= 4 is 0 Å². The van der Waals surface area contributed by atoms with Crippen LogP contribution in [0, 0.1) is 23.2 Å². The summed E-state index contributed by atoms with van der Waals surface area (Å²) < 4.78 is 0. The van der Waals surface area contributed by atoms with Gasteiger partial charge in [0.25, 0.3) is 0 Å². The lowest BCUT2D eigenvalue weighted by Gasteiger charge is -2.42. The van der Waals surface area contributed by atoms with E-state index >= 15 is 0 Å². The standard InChI is InChI=1S/C17H33N/c1-7-13(2)10-15-11-16(17(3,4)5)9-8-14(15)12-18-6/h14-16,18H,2,7-12H2,1,3-6H3. The van der Waals surface area contributed by atoms with E-state index < -0.39 is 0 Å². The van der Waals surface area contributed by atoms with Gasteiger partial charge in [-0.25, -0.2) is 0 Å². The Bertz CT molecular complexity index is 261. The topological polar surface area (TPSA) is 12.0 Å². The van der Waals surface area contributed by atoms with Crippen LogP contribution in [-0.4, -0.2) is 13.6 Å². The molecule has 0 saturated heterocycles. The zero-order chi connectivity index (χ0) is 13.8. The molecule has 1 heteroatoms. The monoisotopic (exact) mass is 251 g/mol. The molecule has 0 spiro atoms. The molecule has 0 aromatic carbocycles. The second-order valence-corrected chi connectivity index (χ2v) is 7.26. The van der Waals surface area contributed by atoms with E-state index in [-0.39, 0.29) is 0 Å². The second-order valence-electron chi connectivity index (χ2n) is 7.26. The molecule has 1 N–H and O–H groups in total. The Hall–Kier alpha value is -0.300. The highest BCUT2D eigenvalue weighted by Gasteiger charge is 2.35. The molecule has 0 heterocycles. The molecular formula is C17H33N. The lowest BCUT2D eigenvalue weighted by molar-refractivity contribution is 0.0977. The Morgan fingerprint density at radius 3 is 2.39 bits per heavy atom. The highest BCUT2D eigenvalue weighted by atomic mass is 14.8. The van der Waals surface area contributed by atoms with Gasteiger partial charge in [-0.2, -0.15) is 0 Å². The van der Waals surface area contributed by atoms with Crippen LogP contribution in [0.3, 0.4) is 0 Å². The van der Waals surface area contributed by atoms with Crippen molar-refractivity contribution in [3.8, 4) is 0 Å². The normalized spacial score (nSPS) is 29.3. The quantitative estimate of drug-likeness (QED) is 0.702. The van der Waals surface area contributed by atoms with Crippen molar-refractivity contribution < 1.29 is 0 Å². The van der Waals surface area contributed by atoms with Gasteiger partial charge in [-0.15, -0.1) is 0 Å². The van der Waals surface area contributed by atoms with Crippen LogP contribution in [0.15, 0.2) is 12.2 Å². The maximum absolute atomic E-state index is 4.23. The average Bonchev–Trinajstić information content (AvgIpc) is 2.30. The molecular weight excluding hydrogens is 218 g/mol. The average molecular weight is 251 g/mol. The molecule has 0 aliphatic heterocycles. The molecule has 0 amide bonds. The fourth-order valence-corrected chi connectivity index (χ4v) is 3.41. The van der Waals surface area contributed by atoms with Gasteiger partial charge >= 0.3 is 0 Å². The predicted molar refractivity (Wildman–Crippen MR) is 81.8 cm³/mol. The van der Waals surface area contributed by atoms with Gasteiger partial charge in [0.05, 0.1) is 0 Å². The largest absolute Gasteiger partial charge is 0.319 e. The lowest BCUT2D eigenvalue weighted by Crippen LogP contribution is -2.36. The van der Waals surface area contributed by atoms with Gasteiger partial charge in [0.1, 0.15) is 0 Å². The van der Waals surface area contributed by atoms with Crippen molar-refractivity contribution in [1.82, 2.24) is 5.32 Å². The smallest absolute Gasteiger partial charge is 0.00208 e. The highest BCUT2D eigenvalue weighted by Crippen LogP contribution is 2.44. The molecule has 0 aromatic heterocycles. The Kier molecular flexibility index (Phi) is 5.91. The summed E-state index contributed by atoms with van der Waals surface area (Å²) in [6.45, 7) is 14.9. The first-order chi connectivity index (χ1) is 8.38. The molecule has 106 valence electrons. The van der Waals surface area contributed by atoms with E-state index in [1.165, 1.54) is 37.8 Å². The minimum atomic E-state index is 0.469. The number of nitrogens with one attached hydrogen (secondary N) is 1. The van der Waals surface area contributed by atoms with Crippen molar-refractivity contribution in [2.45, 2.75) is 59.8 Å². The first-order valence-electron chi connectivity index (χ1n) is 7.69. The van der Waals surface area contributed by atoms with E-state index in [0.717, 1.165) is 24.2 Å². The summed E-state index contributed by atoms with van der Waals surface area (Å²) in [6.07, 6.45) is 6.59. The molecule has 1 fully saturated rings. The maximum atomic E-state index is 4.23. The SMILES string of the molecule is C=C(CC)CC1CC(C(C)(C)C)CCC1CNC. The van der Waals surface area contributed by atoms with Crippen molar-refractivity contribution in [3.05, 3.63) is 12.2 Å². The molecule has 3 atom stereocenters. The molecule has 18 heavy (non-hydrogen) atoms. The zero-order valence-corrected chi connectivity index (χ0v) is 13.2. The third-order valence-electron chi connectivity index (χ3n) is 4.88. The van der Waals surface area contributed by atoms with Crippen molar-refractivity contribution in [3.63, 3.8) is 0 Å². The third kappa shape index (κ3) is 4.42. The molecule has 0 radical (unpaired) electrons. The van der Waals surface area contributed by atoms with Crippen LogP contribution in [0.25, 0.3) is 0 Å². The second kappa shape index (κ2) is 6.75. The summed E-state index contributed by atoms with van der Waals surface area (Å²) in [4.78, 5) is 0. The van der Waals surface area contributed by atoms with E-state index in [0.29, 0.717) is 5.41 Å². The van der Waals surface area contributed by atoms with Crippen LogP contribution in [-0.2, 0) is 0 Å². The minimum absolute atomic E-state index is 0.469. The Balaban J connectivity index is 2.67. The van der Waals surface area contributed by atoms with Crippen LogP contribution in [0.2, 0.25) is 0 Å². The minimum Gasteiger partial charge on any atom is -0.319 e. The summed E-state index contributed by atoms with van der Waals surface area (Å²) in [5.74, 6) is 2.60. The summed E-state index contributed by atoms with van der Waals surface area (Å²) >= 11 is 0. The fourth-order valence-electron chi connectivity index (χ4n) is 3.41. The van der Waals surface area contributed by atoms with Gasteiger partial charge in [0.15, 0.2) is 0 Å². The van der Waals surface area contributed by atoms with Crippen molar-refractivity contribution in [2.75, 3.05) is 13.6 Å². The highest BCUT2D eigenvalue weighted by molar-refractivity contribution is 4.98. The van der Waals surface area contributed by atoms with Crippen molar-refractivity contribution in [1.29, 1.82) is 0 Å². The van der Waals surface area contributed by atoms with E-state index in [2.05, 4.69) is 46.6 Å². The van der Waals surface area contributed by atoms with Crippen LogP contribution in [0.5, 0.6) is 0 Å². The van der Waals surface area contributed by atoms with Crippen LogP contribution in [0.1, 0.15) is 59.8 Å². The van der Waals surface area contributed by atoms with E-state index in [9.17, 15) is 0 Å². The van der Waals surface area contributed by atoms with Crippen LogP contribution < -0.4 is 5.32 Å². The fraction of sp³-hybridized carbons (Fsp3) is 0.882. The summed E-state index contributed by atoms with van der Waals surface area (Å²) in [5, 5.41) is 3.38. The van der Waals surface area contributed by atoms with Gasteiger partial charge in [0, 0.05) is 0 Å². The summed E-state index contributed by atoms with van der Waals surface area (Å²) in [6, 6.07) is 0. The van der Waals surface area contributed by atoms with E-state index in [1.807, 2.05) is 0 Å². The summed E-state index contributed by atoms with van der Waals surface area (Å²) in [5.41, 5.74) is 1.91. The van der Waals surface area contributed by atoms with E-state index in [1.54, 1.807) is 0 Å². The number of rotatable bonds is 5. The third-order valence-corrected chi connectivity index (χ3v) is 4.88. The van der Waals surface area contributed by atoms with Gasteiger partial charge in [-0.05, 0) is 68.9 Å². The Labute approximate surface area is 114 Å². The van der Waals surface area contributed by atoms with Crippen LogP contribution >= 0.6 is 0 Å². The number of allylic oxidation sites excluding steroid dienone is 1. The van der Waals surface area contributed by atoms with Crippen LogP contribution in [0.4, 0.5) is 0 Å². The zero-order valence-electron chi connectivity index (χ0n) is 13.2. The van der Waals surface area contributed by atoms with Gasteiger partial charge in [-0.1, -0.05) is 39.8 Å². The lowest BCUT2D eigenvalue weighted by atomic mass is 9.64. The molecule has 1 aliphatic rings. The number of hydrogen-bond acceptors (Lipinski definition) is 1. The number of hydrogen-bond donors (Lipinski definition) is 1. The van der Waals surface area contributed by atoms with Gasteiger partial charge in [-0.3, -0.25) is 0 Å². The molecule has 0 aromatic rings. The first kappa shape index (κ1) is 15.8. The Morgan fingerprint density at radius 2 is 1.89 bits per heavy atom. The van der Waals surface area contributed by atoms with Gasteiger partial charge < -0.3 is 5.32 Å². The van der Waals surface area contributed by atoms with Crippen molar-refractivity contribution in [2.24, 2.45) is 23.2 Å². The molecule has 1 aliphatic carbocycles. The maximum Gasteiger partial charge on any atom is -0.00208 e. The molecule has 1 rings (SSSR count).